The van der Waals surface area contributed by atoms with E-state index in [4.69, 9.17) is 16.3 Å². The standard InChI is InChI=1S/C37H38ClN3O6S/c1-47-36(44)33-30(34(42)28-13-12-26(38)19-32(28)41(33)27-6-4-3-5-7-27)17-22-8-10-24(11-9-22)35(43)39-31-14-15-37(40-48(2,45)46)20-23-16-25(21-37)29(31)18-23/h3-13,19,23,25,29,31,40H,14-18,20-21H2,1-2H3,(H,39,43)/t23-,25?,29+,31-,37+/m1/s1. The van der Waals surface area contributed by atoms with E-state index in [9.17, 15) is 22.8 Å². The topological polar surface area (TPSA) is 124 Å². The number of benzene rings is 3. The maximum atomic E-state index is 13.9. The van der Waals surface area contributed by atoms with E-state index in [1.165, 1.54) is 13.4 Å². The minimum atomic E-state index is -3.35. The maximum Gasteiger partial charge on any atom is 0.355 e. The van der Waals surface area contributed by atoms with Gasteiger partial charge in [0.25, 0.3) is 5.91 Å². The van der Waals surface area contributed by atoms with Crippen LogP contribution in [0.1, 0.15) is 70.5 Å². The van der Waals surface area contributed by atoms with Gasteiger partial charge in [-0.2, -0.15) is 0 Å². The zero-order chi connectivity index (χ0) is 33.8. The van der Waals surface area contributed by atoms with Gasteiger partial charge in [0.05, 0.1) is 18.9 Å². The van der Waals surface area contributed by atoms with Crippen molar-refractivity contribution in [1.29, 1.82) is 0 Å². The highest BCUT2D eigenvalue weighted by Gasteiger charge is 2.53. The molecule has 3 aromatic carbocycles. The van der Waals surface area contributed by atoms with E-state index in [2.05, 4.69) is 10.0 Å². The van der Waals surface area contributed by atoms with Crippen LogP contribution >= 0.6 is 11.6 Å². The second-order valence-corrected chi connectivity index (χ2v) is 16.0. The van der Waals surface area contributed by atoms with E-state index in [1.807, 2.05) is 30.3 Å². The van der Waals surface area contributed by atoms with Crippen LogP contribution in [-0.4, -0.2) is 49.8 Å². The molecule has 4 aromatic rings. The van der Waals surface area contributed by atoms with Gasteiger partial charge in [0.15, 0.2) is 5.43 Å². The molecule has 3 aliphatic carbocycles. The highest BCUT2D eigenvalue weighted by atomic mass is 35.5. The first kappa shape index (κ1) is 32.6. The first-order chi connectivity index (χ1) is 22.9. The number of fused-ring (bicyclic) bond motifs is 3. The summed E-state index contributed by atoms with van der Waals surface area (Å²) in [6, 6.07) is 21.3. The molecular formula is C37H38ClN3O6S. The molecule has 5 atom stereocenters. The van der Waals surface area contributed by atoms with Crippen LogP contribution in [0.5, 0.6) is 0 Å². The van der Waals surface area contributed by atoms with Gasteiger partial charge in [-0.25, -0.2) is 17.9 Å². The second kappa shape index (κ2) is 12.5. The summed E-state index contributed by atoms with van der Waals surface area (Å²) in [5.74, 6) is 0.353. The van der Waals surface area contributed by atoms with E-state index in [-0.39, 0.29) is 35.1 Å². The molecule has 11 heteroatoms. The number of pyridine rings is 1. The molecule has 3 bridgehead atoms. The number of halogens is 1. The molecule has 1 heterocycles. The molecule has 3 aliphatic rings. The van der Waals surface area contributed by atoms with E-state index in [0.29, 0.717) is 51.4 Å². The highest BCUT2D eigenvalue weighted by Crippen LogP contribution is 2.55. The van der Waals surface area contributed by atoms with E-state index in [1.54, 1.807) is 47.0 Å². The molecule has 0 saturated heterocycles. The van der Waals surface area contributed by atoms with Crippen LogP contribution in [0.25, 0.3) is 16.6 Å². The van der Waals surface area contributed by atoms with Crippen molar-refractivity contribution in [2.24, 2.45) is 17.8 Å². The summed E-state index contributed by atoms with van der Waals surface area (Å²) < 4.78 is 34.3. The van der Waals surface area contributed by atoms with Gasteiger partial charge in [0.1, 0.15) is 5.69 Å². The summed E-state index contributed by atoms with van der Waals surface area (Å²) in [7, 11) is -2.06. The van der Waals surface area contributed by atoms with E-state index >= 15 is 0 Å². The van der Waals surface area contributed by atoms with Gasteiger partial charge in [-0.3, -0.25) is 9.59 Å². The average molecular weight is 688 g/mol. The second-order valence-electron chi connectivity index (χ2n) is 13.8. The van der Waals surface area contributed by atoms with Crippen molar-refractivity contribution in [3.8, 4) is 5.69 Å². The number of amides is 1. The van der Waals surface area contributed by atoms with Gasteiger partial charge in [-0.1, -0.05) is 41.9 Å². The predicted molar refractivity (Wildman–Crippen MR) is 185 cm³/mol. The van der Waals surface area contributed by atoms with Crippen LogP contribution in [0.3, 0.4) is 0 Å². The number of hydrogen-bond donors (Lipinski definition) is 2. The smallest absolute Gasteiger partial charge is 0.355 e. The number of nitrogens with zero attached hydrogens (tertiary/aromatic N) is 1. The minimum absolute atomic E-state index is 0.0270. The van der Waals surface area contributed by atoms with Gasteiger partial charge in [0.2, 0.25) is 10.0 Å². The first-order valence-electron chi connectivity index (χ1n) is 16.3. The van der Waals surface area contributed by atoms with Crippen LogP contribution in [0.15, 0.2) is 77.6 Å². The van der Waals surface area contributed by atoms with E-state index < -0.39 is 21.5 Å². The van der Waals surface area contributed by atoms with Crippen LogP contribution in [0.2, 0.25) is 5.02 Å². The fourth-order valence-corrected chi connectivity index (χ4v) is 10.0. The lowest BCUT2D eigenvalue weighted by Gasteiger charge is -2.40. The quantitative estimate of drug-likeness (QED) is 0.231. The highest BCUT2D eigenvalue weighted by molar-refractivity contribution is 7.88. The average Bonchev–Trinajstić information content (AvgIpc) is 3.32. The Morgan fingerprint density at radius 1 is 1.02 bits per heavy atom. The largest absolute Gasteiger partial charge is 0.464 e. The van der Waals surface area contributed by atoms with Gasteiger partial charge in [0, 0.05) is 45.2 Å². The number of sulfonamides is 1. The lowest BCUT2D eigenvalue weighted by atomic mass is 9.74. The number of aromatic nitrogens is 1. The Balaban J connectivity index is 1.17. The Morgan fingerprint density at radius 3 is 2.48 bits per heavy atom. The van der Waals surface area contributed by atoms with Crippen molar-refractivity contribution in [3.63, 3.8) is 0 Å². The Morgan fingerprint density at radius 2 is 1.77 bits per heavy atom. The molecule has 7 rings (SSSR count). The molecule has 9 nitrogen and oxygen atoms in total. The molecule has 48 heavy (non-hydrogen) atoms. The Bertz CT molecular complexity index is 2080. The molecule has 250 valence electrons. The Labute approximate surface area is 284 Å². The molecule has 1 amide bonds. The summed E-state index contributed by atoms with van der Waals surface area (Å²) in [6.45, 7) is 0. The number of nitrogens with one attached hydrogen (secondary N) is 2. The van der Waals surface area contributed by atoms with Crippen molar-refractivity contribution >= 4 is 44.4 Å². The fourth-order valence-electron chi connectivity index (χ4n) is 8.82. The van der Waals surface area contributed by atoms with Gasteiger partial charge in [-0.05, 0) is 104 Å². The summed E-state index contributed by atoms with van der Waals surface area (Å²) >= 11 is 6.35. The maximum absolute atomic E-state index is 13.9. The predicted octanol–water partition coefficient (Wildman–Crippen LogP) is 5.64. The molecule has 0 aliphatic heterocycles. The monoisotopic (exact) mass is 687 g/mol. The molecule has 0 radical (unpaired) electrons. The molecular weight excluding hydrogens is 650 g/mol. The molecule has 3 saturated carbocycles. The van der Waals surface area contributed by atoms with Crippen molar-refractivity contribution in [2.45, 2.75) is 56.5 Å². The van der Waals surface area contributed by atoms with Crippen LogP contribution < -0.4 is 15.5 Å². The molecule has 2 N–H and O–H groups in total. The summed E-state index contributed by atoms with van der Waals surface area (Å²) in [6.07, 6.45) is 6.57. The number of ether oxygens (including phenoxy) is 1. The number of carbonyl (C=O) groups excluding carboxylic acids is 2. The molecule has 1 aromatic heterocycles. The van der Waals surface area contributed by atoms with Crippen molar-refractivity contribution in [1.82, 2.24) is 14.6 Å². The normalized spacial score (nSPS) is 24.7. The first-order valence-corrected chi connectivity index (χ1v) is 18.6. The Hall–Kier alpha value is -3.99. The van der Waals surface area contributed by atoms with Crippen LogP contribution in [-0.2, 0) is 21.2 Å². The third-order valence-electron chi connectivity index (χ3n) is 10.6. The van der Waals surface area contributed by atoms with Gasteiger partial charge >= 0.3 is 5.97 Å². The Kier molecular flexibility index (Phi) is 8.46. The van der Waals surface area contributed by atoms with Gasteiger partial charge in [-0.15, -0.1) is 0 Å². The molecule has 0 spiro atoms. The van der Waals surface area contributed by atoms with Gasteiger partial charge < -0.3 is 14.6 Å². The van der Waals surface area contributed by atoms with E-state index in [0.717, 1.165) is 37.7 Å². The molecule has 1 unspecified atom stereocenters. The summed E-state index contributed by atoms with van der Waals surface area (Å²) in [4.78, 5) is 40.8. The number of para-hydroxylation sites is 1. The lowest BCUT2D eigenvalue weighted by Crippen LogP contribution is -2.51. The number of carbonyl (C=O) groups is 2. The zero-order valence-electron chi connectivity index (χ0n) is 26.9. The third-order valence-corrected chi connectivity index (χ3v) is 11.6. The minimum Gasteiger partial charge on any atom is -0.464 e. The lowest BCUT2D eigenvalue weighted by molar-refractivity contribution is 0.0589. The molecule has 3 fully saturated rings. The van der Waals surface area contributed by atoms with Crippen molar-refractivity contribution in [2.75, 3.05) is 13.4 Å². The summed E-state index contributed by atoms with van der Waals surface area (Å²) in [5.41, 5.74) is 2.09. The fraction of sp³-hybridized carbons (Fsp3) is 0.378. The summed E-state index contributed by atoms with van der Waals surface area (Å²) in [5, 5.41) is 4.13. The number of esters is 1. The number of rotatable bonds is 8. The number of hydrogen-bond acceptors (Lipinski definition) is 6. The van der Waals surface area contributed by atoms with Crippen LogP contribution in [0.4, 0.5) is 0 Å². The SMILES string of the molecule is COC(=O)c1c(Cc2ccc(C(=O)N[C@@H]3CC[C@@]4(NS(C)(=O)=O)CC5C[C@H](C[C@@H]53)C4)cc2)c(=O)c2ccc(Cl)cc2n1-c1ccccc1. The third kappa shape index (κ3) is 6.17. The number of methoxy groups -OCH3 is 1. The van der Waals surface area contributed by atoms with Crippen LogP contribution in [0, 0.1) is 17.8 Å². The van der Waals surface area contributed by atoms with Crippen molar-refractivity contribution in [3.05, 3.63) is 110 Å². The zero-order valence-corrected chi connectivity index (χ0v) is 28.4. The van der Waals surface area contributed by atoms with Crippen molar-refractivity contribution < 1.29 is 22.7 Å².